The molecule has 1 heterocycles. The molecule has 0 saturated carbocycles. The van der Waals surface area contributed by atoms with Gasteiger partial charge in [0, 0.05) is 13.1 Å². The lowest BCUT2D eigenvalue weighted by molar-refractivity contribution is -0.131. The Morgan fingerprint density at radius 2 is 2.19 bits per heavy atom. The topological polar surface area (TPSA) is 58.4 Å². The van der Waals surface area contributed by atoms with Crippen LogP contribution in [0.4, 0.5) is 0 Å². The van der Waals surface area contributed by atoms with Gasteiger partial charge in [-0.3, -0.25) is 4.79 Å². The van der Waals surface area contributed by atoms with Crippen LogP contribution in [-0.4, -0.2) is 42.3 Å². The van der Waals surface area contributed by atoms with Crippen molar-refractivity contribution in [1.82, 2.24) is 10.2 Å². The first-order chi connectivity index (χ1) is 9.99. The van der Waals surface area contributed by atoms with Crippen molar-refractivity contribution in [2.45, 2.75) is 38.4 Å². The highest BCUT2D eigenvalue weighted by Crippen LogP contribution is 2.19. The Balaban J connectivity index is 1.93. The van der Waals surface area contributed by atoms with Crippen LogP contribution in [0.2, 0.25) is 0 Å². The van der Waals surface area contributed by atoms with E-state index in [0.717, 1.165) is 30.4 Å². The Morgan fingerprint density at radius 1 is 1.52 bits per heavy atom. The van der Waals surface area contributed by atoms with Crippen molar-refractivity contribution in [2.24, 2.45) is 5.73 Å². The molecule has 6 heteroatoms. The number of benzene rings is 1. The highest BCUT2D eigenvalue weighted by molar-refractivity contribution is 7.80. The van der Waals surface area contributed by atoms with Crippen LogP contribution in [0.3, 0.4) is 0 Å². The average molecular weight is 301 g/mol. The Morgan fingerprint density at radius 3 is 2.81 bits per heavy atom. The molecular formula is C15H20BN3OS. The fourth-order valence-corrected chi connectivity index (χ4v) is 2.82. The number of carbonyl (C=O) groups is 1. The Kier molecular flexibility index (Phi) is 5.36. The molecule has 3 N–H and O–H groups in total. The van der Waals surface area contributed by atoms with Gasteiger partial charge >= 0.3 is 0 Å². The minimum absolute atomic E-state index is 0.0332. The molecule has 2 radical (unpaired) electrons. The summed E-state index contributed by atoms with van der Waals surface area (Å²) in [6.45, 7) is 3.08. The monoisotopic (exact) mass is 301 g/mol. The molecule has 4 nitrogen and oxygen atoms in total. The summed E-state index contributed by atoms with van der Waals surface area (Å²) in [4.78, 5) is 14.6. The maximum atomic E-state index is 12.1. The highest BCUT2D eigenvalue weighted by atomic mass is 32.1. The second-order valence-corrected chi connectivity index (χ2v) is 5.88. The maximum absolute atomic E-state index is 12.1. The van der Waals surface area contributed by atoms with Gasteiger partial charge in [-0.1, -0.05) is 41.9 Å². The minimum Gasteiger partial charge on any atom is -0.374 e. The van der Waals surface area contributed by atoms with Gasteiger partial charge in [-0.15, -0.1) is 0 Å². The zero-order valence-corrected chi connectivity index (χ0v) is 13.0. The Labute approximate surface area is 132 Å². The van der Waals surface area contributed by atoms with Crippen LogP contribution < -0.4 is 16.5 Å². The van der Waals surface area contributed by atoms with Crippen LogP contribution >= 0.6 is 12.2 Å². The molecule has 1 aromatic carbocycles. The number of carbonyl (C=O) groups excluding carboxylic acids is 1. The molecular weight excluding hydrogens is 281 g/mol. The molecule has 1 saturated heterocycles. The molecule has 1 fully saturated rings. The molecule has 2 rings (SSSR count). The number of nitrogens with zero attached hydrogens (tertiary/aromatic N) is 1. The number of thiocarbonyl (C=S) groups is 1. The molecule has 21 heavy (non-hydrogen) atoms. The summed E-state index contributed by atoms with van der Waals surface area (Å²) in [5, 5.41) is 3.24. The first-order valence-corrected chi connectivity index (χ1v) is 7.58. The van der Waals surface area contributed by atoms with Gasteiger partial charge in [-0.2, -0.15) is 0 Å². The van der Waals surface area contributed by atoms with Crippen LogP contribution in [0, 0.1) is 0 Å². The summed E-state index contributed by atoms with van der Waals surface area (Å²) in [7, 11) is 5.66. The largest absolute Gasteiger partial charge is 0.374 e. The fraction of sp³-hybridized carbons (Fsp3) is 0.467. The SMILES string of the molecule is [B]c1ccc(CNC(=S)[C@@H]2CCCN2C(=O)[C@H](C)N)cc1. The molecule has 0 spiro atoms. The number of nitrogens with two attached hydrogens (primary N) is 1. The van der Waals surface area contributed by atoms with Crippen molar-refractivity contribution < 1.29 is 4.79 Å². The number of hydrogen-bond donors (Lipinski definition) is 2. The van der Waals surface area contributed by atoms with Crippen LogP contribution in [0.1, 0.15) is 25.3 Å². The second kappa shape index (κ2) is 7.05. The number of rotatable bonds is 4. The van der Waals surface area contributed by atoms with E-state index < -0.39 is 6.04 Å². The summed E-state index contributed by atoms with van der Waals surface area (Å²) < 4.78 is 0. The number of hydrogen-bond acceptors (Lipinski definition) is 3. The number of amides is 1. The van der Waals surface area contributed by atoms with Gasteiger partial charge in [0.25, 0.3) is 0 Å². The zero-order chi connectivity index (χ0) is 15.4. The molecule has 0 aliphatic carbocycles. The van der Waals surface area contributed by atoms with E-state index in [9.17, 15) is 4.79 Å². The molecule has 110 valence electrons. The number of nitrogens with one attached hydrogen (secondary N) is 1. The van der Waals surface area contributed by atoms with Gasteiger partial charge < -0.3 is 16.0 Å². The summed E-state index contributed by atoms with van der Waals surface area (Å²) in [6, 6.07) is 7.13. The van der Waals surface area contributed by atoms with Gasteiger partial charge in [0.05, 0.1) is 17.1 Å². The van der Waals surface area contributed by atoms with Crippen LogP contribution in [0.5, 0.6) is 0 Å². The van der Waals surface area contributed by atoms with Crippen LogP contribution in [-0.2, 0) is 11.3 Å². The van der Waals surface area contributed by atoms with Gasteiger partial charge in [-0.05, 0) is 25.3 Å². The fourth-order valence-electron chi connectivity index (χ4n) is 2.51. The predicted octanol–water partition coefficient (Wildman–Crippen LogP) is 0.236. The van der Waals surface area contributed by atoms with E-state index in [1.165, 1.54) is 0 Å². The molecule has 0 bridgehead atoms. The third-order valence-corrected chi connectivity index (χ3v) is 4.09. The van der Waals surface area contributed by atoms with E-state index in [1.54, 1.807) is 11.8 Å². The zero-order valence-electron chi connectivity index (χ0n) is 12.2. The molecule has 2 atom stereocenters. The van der Waals surface area contributed by atoms with Crippen LogP contribution in [0.15, 0.2) is 24.3 Å². The van der Waals surface area contributed by atoms with E-state index in [4.69, 9.17) is 25.8 Å². The first kappa shape index (κ1) is 16.0. The summed E-state index contributed by atoms with van der Waals surface area (Å²) in [5.74, 6) is -0.0332. The third-order valence-electron chi connectivity index (χ3n) is 3.67. The van der Waals surface area contributed by atoms with Gasteiger partial charge in [0.1, 0.15) is 7.85 Å². The summed E-state index contributed by atoms with van der Waals surface area (Å²) in [5.41, 5.74) is 7.54. The smallest absolute Gasteiger partial charge is 0.239 e. The van der Waals surface area contributed by atoms with E-state index in [2.05, 4.69) is 5.32 Å². The molecule has 1 amide bonds. The predicted molar refractivity (Wildman–Crippen MR) is 89.7 cm³/mol. The quantitative estimate of drug-likeness (QED) is 0.618. The van der Waals surface area contributed by atoms with Crippen LogP contribution in [0.25, 0.3) is 0 Å². The molecule has 1 aromatic rings. The molecule has 0 aromatic heterocycles. The van der Waals surface area contributed by atoms with E-state index >= 15 is 0 Å². The lowest BCUT2D eigenvalue weighted by Crippen LogP contribution is -2.49. The second-order valence-electron chi connectivity index (χ2n) is 5.44. The van der Waals surface area contributed by atoms with Gasteiger partial charge in [0.2, 0.25) is 5.91 Å². The highest BCUT2D eigenvalue weighted by Gasteiger charge is 2.32. The third kappa shape index (κ3) is 4.05. The van der Waals surface area contributed by atoms with E-state index in [0.29, 0.717) is 11.5 Å². The van der Waals surface area contributed by atoms with Crippen molar-refractivity contribution in [3.63, 3.8) is 0 Å². The van der Waals surface area contributed by atoms with Crippen molar-refractivity contribution in [3.05, 3.63) is 29.8 Å². The average Bonchev–Trinajstić information content (AvgIpc) is 2.94. The van der Waals surface area contributed by atoms with Crippen molar-refractivity contribution in [3.8, 4) is 0 Å². The van der Waals surface area contributed by atoms with E-state index in [1.807, 2.05) is 24.3 Å². The van der Waals surface area contributed by atoms with Gasteiger partial charge in [-0.25, -0.2) is 0 Å². The first-order valence-electron chi connectivity index (χ1n) is 7.17. The van der Waals surface area contributed by atoms with Gasteiger partial charge in [0.15, 0.2) is 0 Å². The summed E-state index contributed by atoms with van der Waals surface area (Å²) in [6.07, 6.45) is 1.86. The molecule has 0 unspecified atom stereocenters. The summed E-state index contributed by atoms with van der Waals surface area (Å²) >= 11 is 5.45. The standard InChI is InChI=1S/C15H20BN3OS/c1-10(17)15(20)19-8-2-3-13(19)14(21)18-9-11-4-6-12(16)7-5-11/h4-7,10,13H,2-3,8-9,17H2,1H3,(H,18,21)/t10-,13-/m0/s1. The molecule has 1 aliphatic heterocycles. The maximum Gasteiger partial charge on any atom is 0.239 e. The van der Waals surface area contributed by atoms with Crippen molar-refractivity contribution in [2.75, 3.05) is 6.54 Å². The Hall–Kier alpha value is -1.40. The molecule has 1 aliphatic rings. The lowest BCUT2D eigenvalue weighted by atomic mass is 9.95. The normalized spacial score (nSPS) is 19.3. The lowest BCUT2D eigenvalue weighted by Gasteiger charge is -2.27. The van der Waals surface area contributed by atoms with Crippen molar-refractivity contribution in [1.29, 1.82) is 0 Å². The number of likely N-dealkylation sites (tertiary alicyclic amines) is 1. The van der Waals surface area contributed by atoms with Crippen molar-refractivity contribution >= 4 is 36.4 Å². The Bertz CT molecular complexity index is 518. The van der Waals surface area contributed by atoms with E-state index in [-0.39, 0.29) is 11.9 Å². The minimum atomic E-state index is -0.481.